The van der Waals surface area contributed by atoms with E-state index >= 15 is 0 Å². The first kappa shape index (κ1) is 23.4. The van der Waals surface area contributed by atoms with E-state index in [0.29, 0.717) is 18.0 Å². The lowest BCUT2D eigenvalue weighted by molar-refractivity contribution is -0.122. The maximum absolute atomic E-state index is 12.8. The highest BCUT2D eigenvalue weighted by Crippen LogP contribution is 2.21. The number of carbonyl (C=O) groups excluding carboxylic acids is 2. The quantitative estimate of drug-likeness (QED) is 0.551. The molecule has 2 aromatic heterocycles. The number of aromatic nitrogens is 4. The highest BCUT2D eigenvalue weighted by Gasteiger charge is 2.31. The van der Waals surface area contributed by atoms with Gasteiger partial charge in [0.05, 0.1) is 11.7 Å². The molecule has 0 aliphatic rings. The van der Waals surface area contributed by atoms with Crippen molar-refractivity contribution >= 4 is 11.7 Å². The van der Waals surface area contributed by atoms with E-state index < -0.39 is 35.4 Å². The highest BCUT2D eigenvalue weighted by atomic mass is 16.4. The molecule has 10 nitrogen and oxygen atoms in total. The number of H-pyrrole nitrogens is 1. The smallest absolute Gasteiger partial charge is 0.329 e. The number of rotatable bonds is 8. The van der Waals surface area contributed by atoms with Gasteiger partial charge in [0.25, 0.3) is 5.89 Å². The summed E-state index contributed by atoms with van der Waals surface area (Å²) in [5.41, 5.74) is -0.625. The van der Waals surface area contributed by atoms with Gasteiger partial charge in [-0.25, -0.2) is 4.79 Å². The Bertz CT molecular complexity index is 961. The van der Waals surface area contributed by atoms with E-state index in [2.05, 4.69) is 20.5 Å². The van der Waals surface area contributed by atoms with Crippen molar-refractivity contribution in [3.05, 3.63) is 28.0 Å². The molecular formula is C20H31N5O5. The Hall–Kier alpha value is -2.91. The highest BCUT2D eigenvalue weighted by molar-refractivity contribution is 5.98. The molecule has 0 aromatic carbocycles. The lowest BCUT2D eigenvalue weighted by Gasteiger charge is -2.19. The lowest BCUT2D eigenvalue weighted by Crippen LogP contribution is -2.46. The summed E-state index contributed by atoms with van der Waals surface area (Å²) < 4.78 is 6.44. The molecule has 1 atom stereocenters. The van der Waals surface area contributed by atoms with E-state index in [4.69, 9.17) is 4.42 Å². The van der Waals surface area contributed by atoms with Gasteiger partial charge in [-0.05, 0) is 18.3 Å². The average Bonchev–Trinajstić information content (AvgIpc) is 3.20. The number of amides is 1. The summed E-state index contributed by atoms with van der Waals surface area (Å²) in [6.45, 7) is 12.6. The fourth-order valence-electron chi connectivity index (χ4n) is 2.87. The van der Waals surface area contributed by atoms with Gasteiger partial charge < -0.3 is 19.8 Å². The van der Waals surface area contributed by atoms with Crippen molar-refractivity contribution in [2.75, 3.05) is 0 Å². The molecule has 0 saturated heterocycles. The molecule has 0 fully saturated rings. The van der Waals surface area contributed by atoms with Crippen LogP contribution in [0.1, 0.15) is 70.7 Å². The van der Waals surface area contributed by atoms with Gasteiger partial charge in [0.1, 0.15) is 6.54 Å². The molecule has 2 rings (SSSR count). The Morgan fingerprint density at radius 1 is 1.20 bits per heavy atom. The number of nitrogens with zero attached hydrogens (tertiary/aromatic N) is 3. The first-order chi connectivity index (χ1) is 13.8. The Labute approximate surface area is 175 Å². The van der Waals surface area contributed by atoms with Crippen LogP contribution in [0.3, 0.4) is 0 Å². The predicted molar refractivity (Wildman–Crippen MR) is 109 cm³/mol. The zero-order chi connectivity index (χ0) is 22.8. The van der Waals surface area contributed by atoms with Gasteiger partial charge in [-0.3, -0.25) is 14.2 Å². The number of hydrogen-bond acceptors (Lipinski definition) is 7. The normalized spacial score (nSPS) is 13.1. The van der Waals surface area contributed by atoms with Crippen LogP contribution < -0.4 is 11.0 Å². The number of carbonyl (C=O) groups is 2. The Morgan fingerprint density at radius 3 is 2.33 bits per heavy atom. The minimum absolute atomic E-state index is 0.181. The van der Waals surface area contributed by atoms with Crippen LogP contribution in [0.2, 0.25) is 0 Å². The van der Waals surface area contributed by atoms with Crippen LogP contribution >= 0.6 is 0 Å². The minimum Gasteiger partial charge on any atom is -0.493 e. The first-order valence-electron chi connectivity index (χ1n) is 9.99. The number of aromatic amines is 1. The van der Waals surface area contributed by atoms with E-state index in [1.807, 2.05) is 34.6 Å². The Kier molecular flexibility index (Phi) is 6.89. The van der Waals surface area contributed by atoms with Gasteiger partial charge in [0.2, 0.25) is 23.5 Å². The fraction of sp³-hybridized carbons (Fsp3) is 0.650. The lowest BCUT2D eigenvalue weighted by atomic mass is 9.97. The zero-order valence-electron chi connectivity index (χ0n) is 18.6. The molecule has 1 amide bonds. The molecule has 0 aliphatic carbocycles. The second-order valence-electron chi connectivity index (χ2n) is 9.23. The molecule has 30 heavy (non-hydrogen) atoms. The molecule has 0 spiro atoms. The molecular weight excluding hydrogens is 390 g/mol. The molecule has 2 aromatic rings. The molecule has 0 radical (unpaired) electrons. The number of hydrogen-bond donors (Lipinski definition) is 3. The van der Waals surface area contributed by atoms with E-state index in [0.717, 1.165) is 4.57 Å². The summed E-state index contributed by atoms with van der Waals surface area (Å²) >= 11 is 0. The Balaban J connectivity index is 2.17. The van der Waals surface area contributed by atoms with Gasteiger partial charge in [-0.15, -0.1) is 10.2 Å². The molecule has 2 heterocycles. The van der Waals surface area contributed by atoms with Crippen LogP contribution in [0.5, 0.6) is 5.88 Å². The third-order valence-corrected chi connectivity index (χ3v) is 4.49. The number of imidazole rings is 1. The van der Waals surface area contributed by atoms with E-state index in [-0.39, 0.29) is 23.6 Å². The molecule has 0 aliphatic heterocycles. The van der Waals surface area contributed by atoms with Crippen LogP contribution in [-0.2, 0) is 23.2 Å². The third-order valence-electron chi connectivity index (χ3n) is 4.49. The first-order valence-corrected chi connectivity index (χ1v) is 9.99. The Morgan fingerprint density at radius 2 is 1.83 bits per heavy atom. The summed E-state index contributed by atoms with van der Waals surface area (Å²) in [6, 6.07) is -0.919. The maximum atomic E-state index is 12.8. The van der Waals surface area contributed by atoms with E-state index in [9.17, 15) is 19.5 Å². The molecule has 0 bridgehead atoms. The van der Waals surface area contributed by atoms with Crippen molar-refractivity contribution in [3.63, 3.8) is 0 Å². The standard InChI is InChI=1S/C20H31N5O5/c1-10(2)8-12-17(28)25(19(29)21-12)9-13(26)22-14(11(3)4)15(27)16-23-24-18(30-16)20(5,6)7/h10-11,14,28H,8-9H2,1-7H3,(H,21,29)(H,22,26)/t14-/m0/s1. The van der Waals surface area contributed by atoms with Crippen molar-refractivity contribution in [1.29, 1.82) is 0 Å². The van der Waals surface area contributed by atoms with Crippen molar-refractivity contribution in [1.82, 2.24) is 25.1 Å². The van der Waals surface area contributed by atoms with Gasteiger partial charge in [0.15, 0.2) is 0 Å². The number of Topliss-reactive ketones (excluding diaryl/α,β-unsaturated/α-hetero) is 1. The summed E-state index contributed by atoms with van der Waals surface area (Å²) in [5.74, 6) is -1.28. The van der Waals surface area contributed by atoms with Gasteiger partial charge in [0, 0.05) is 5.41 Å². The van der Waals surface area contributed by atoms with Gasteiger partial charge in [-0.1, -0.05) is 48.5 Å². The van der Waals surface area contributed by atoms with Gasteiger partial charge in [-0.2, -0.15) is 0 Å². The third kappa shape index (κ3) is 5.37. The van der Waals surface area contributed by atoms with Crippen molar-refractivity contribution in [2.45, 2.75) is 72.9 Å². The summed E-state index contributed by atoms with van der Waals surface area (Å²) in [6.07, 6.45) is 0.468. The SMILES string of the molecule is CC(C)Cc1[nH]c(=O)n(CC(=O)N[C@H](C(=O)c2nnc(C(C)(C)C)o2)C(C)C)c1O. The summed E-state index contributed by atoms with van der Waals surface area (Å²) in [7, 11) is 0. The molecule has 0 unspecified atom stereocenters. The van der Waals surface area contributed by atoms with Crippen LogP contribution in [0.15, 0.2) is 9.21 Å². The van der Waals surface area contributed by atoms with E-state index in [1.165, 1.54) is 0 Å². The predicted octanol–water partition coefficient (Wildman–Crippen LogP) is 1.78. The molecule has 3 N–H and O–H groups in total. The number of nitrogens with one attached hydrogen (secondary N) is 2. The zero-order valence-corrected chi connectivity index (χ0v) is 18.6. The summed E-state index contributed by atoms with van der Waals surface area (Å²) in [5, 5.41) is 20.6. The maximum Gasteiger partial charge on any atom is 0.329 e. The molecule has 0 saturated carbocycles. The molecule has 166 valence electrons. The largest absolute Gasteiger partial charge is 0.493 e. The minimum atomic E-state index is -0.919. The number of ketones is 1. The fourth-order valence-corrected chi connectivity index (χ4v) is 2.87. The van der Waals surface area contributed by atoms with E-state index in [1.54, 1.807) is 13.8 Å². The average molecular weight is 421 g/mol. The van der Waals surface area contributed by atoms with Crippen LogP contribution in [0.25, 0.3) is 0 Å². The molecule has 10 heteroatoms. The van der Waals surface area contributed by atoms with Crippen molar-refractivity contribution < 1.29 is 19.1 Å². The van der Waals surface area contributed by atoms with Crippen LogP contribution in [0.4, 0.5) is 0 Å². The monoisotopic (exact) mass is 421 g/mol. The topological polar surface area (TPSA) is 143 Å². The van der Waals surface area contributed by atoms with Crippen molar-refractivity contribution in [2.24, 2.45) is 11.8 Å². The van der Waals surface area contributed by atoms with Gasteiger partial charge >= 0.3 is 5.69 Å². The second-order valence-corrected chi connectivity index (χ2v) is 9.23. The van der Waals surface area contributed by atoms with Crippen LogP contribution in [-0.4, -0.2) is 42.6 Å². The van der Waals surface area contributed by atoms with Crippen LogP contribution in [0, 0.1) is 11.8 Å². The van der Waals surface area contributed by atoms with Crippen molar-refractivity contribution in [3.8, 4) is 5.88 Å². The summed E-state index contributed by atoms with van der Waals surface area (Å²) in [4.78, 5) is 40.1. The second kappa shape index (κ2) is 8.85. The number of aromatic hydroxyl groups is 1.